The summed E-state index contributed by atoms with van der Waals surface area (Å²) in [6.07, 6.45) is 1.67. The number of amidine groups is 1. The van der Waals surface area contributed by atoms with E-state index in [-0.39, 0.29) is 11.6 Å². The molecule has 160 valence electrons. The lowest BCUT2D eigenvalue weighted by Gasteiger charge is -2.15. The molecule has 1 aliphatic heterocycles. The summed E-state index contributed by atoms with van der Waals surface area (Å²) in [6.45, 7) is 0. The Bertz CT molecular complexity index is 1220. The molecule has 0 aliphatic carbocycles. The van der Waals surface area contributed by atoms with Crippen molar-refractivity contribution in [3.8, 4) is 0 Å². The first kappa shape index (κ1) is 21.3. The SMILES string of the molecule is CN(C)c1ccc(/C=C2\SC(=Nc3ccccc3)N(c3ccccc3)C2=O)cc1[N+](=O)[O-]. The number of amides is 1. The Kier molecular flexibility index (Phi) is 6.04. The van der Waals surface area contributed by atoms with Crippen molar-refractivity contribution < 1.29 is 9.72 Å². The maximum absolute atomic E-state index is 13.3. The van der Waals surface area contributed by atoms with Crippen molar-refractivity contribution in [3.63, 3.8) is 0 Å². The largest absolute Gasteiger partial charge is 0.372 e. The number of thioether (sulfide) groups is 1. The number of nitro benzene ring substituents is 1. The molecule has 0 aromatic heterocycles. The lowest BCUT2D eigenvalue weighted by molar-refractivity contribution is -0.384. The van der Waals surface area contributed by atoms with Gasteiger partial charge >= 0.3 is 0 Å². The molecule has 0 unspecified atom stereocenters. The fourth-order valence-corrected chi connectivity index (χ4v) is 4.27. The van der Waals surface area contributed by atoms with Crippen LogP contribution >= 0.6 is 11.8 Å². The van der Waals surface area contributed by atoms with E-state index < -0.39 is 4.92 Å². The molecule has 32 heavy (non-hydrogen) atoms. The normalized spacial score (nSPS) is 16.1. The first-order valence-electron chi connectivity index (χ1n) is 9.82. The lowest BCUT2D eigenvalue weighted by atomic mass is 10.1. The van der Waals surface area contributed by atoms with Gasteiger partial charge in [-0.25, -0.2) is 4.99 Å². The molecule has 3 aromatic carbocycles. The summed E-state index contributed by atoms with van der Waals surface area (Å²) in [4.78, 5) is 32.8. The monoisotopic (exact) mass is 444 g/mol. The molecule has 0 N–H and O–H groups in total. The zero-order chi connectivity index (χ0) is 22.7. The number of aliphatic imine (C=N–C) groups is 1. The van der Waals surface area contributed by atoms with Crippen LogP contribution in [0.3, 0.4) is 0 Å². The van der Waals surface area contributed by atoms with E-state index in [4.69, 9.17) is 0 Å². The summed E-state index contributed by atoms with van der Waals surface area (Å²) in [5, 5.41) is 12.1. The highest BCUT2D eigenvalue weighted by Crippen LogP contribution is 2.38. The highest BCUT2D eigenvalue weighted by molar-refractivity contribution is 8.19. The molecule has 1 fully saturated rings. The van der Waals surface area contributed by atoms with Gasteiger partial charge in [0.15, 0.2) is 5.17 Å². The van der Waals surface area contributed by atoms with Crippen LogP contribution in [0.5, 0.6) is 0 Å². The van der Waals surface area contributed by atoms with Crippen molar-refractivity contribution in [2.24, 2.45) is 4.99 Å². The smallest absolute Gasteiger partial charge is 0.293 e. The summed E-state index contributed by atoms with van der Waals surface area (Å²) in [5.74, 6) is -0.227. The molecule has 0 bridgehead atoms. The van der Waals surface area contributed by atoms with Gasteiger partial charge in [0.1, 0.15) is 5.69 Å². The summed E-state index contributed by atoms with van der Waals surface area (Å²) in [6, 6.07) is 23.6. The van der Waals surface area contributed by atoms with Crippen LogP contribution in [-0.4, -0.2) is 30.1 Å². The Morgan fingerprint density at radius 1 is 1.00 bits per heavy atom. The molecular weight excluding hydrogens is 424 g/mol. The van der Waals surface area contributed by atoms with Gasteiger partial charge in [0.25, 0.3) is 11.6 Å². The Hall–Kier alpha value is -3.91. The number of hydrogen-bond acceptors (Lipinski definition) is 6. The Balaban J connectivity index is 1.76. The molecule has 7 nitrogen and oxygen atoms in total. The van der Waals surface area contributed by atoms with Gasteiger partial charge in [-0.05, 0) is 53.7 Å². The third kappa shape index (κ3) is 4.40. The van der Waals surface area contributed by atoms with Gasteiger partial charge in [0, 0.05) is 20.2 Å². The van der Waals surface area contributed by atoms with Crippen LogP contribution in [0.4, 0.5) is 22.7 Å². The zero-order valence-electron chi connectivity index (χ0n) is 17.5. The van der Waals surface area contributed by atoms with Gasteiger partial charge in [0.05, 0.1) is 21.2 Å². The Morgan fingerprint density at radius 2 is 1.66 bits per heavy atom. The van der Waals surface area contributed by atoms with Crippen molar-refractivity contribution in [2.45, 2.75) is 0 Å². The average Bonchev–Trinajstić information content (AvgIpc) is 3.09. The predicted molar refractivity (Wildman–Crippen MR) is 130 cm³/mol. The third-order valence-corrected chi connectivity index (χ3v) is 5.75. The third-order valence-electron chi connectivity index (χ3n) is 4.78. The number of carbonyl (C=O) groups excluding carboxylic acids is 1. The number of nitro groups is 1. The van der Waals surface area contributed by atoms with E-state index in [1.807, 2.05) is 60.7 Å². The molecule has 1 saturated heterocycles. The number of nitrogens with zero attached hydrogens (tertiary/aromatic N) is 4. The zero-order valence-corrected chi connectivity index (χ0v) is 18.3. The molecule has 8 heteroatoms. The molecule has 0 radical (unpaired) electrons. The van der Waals surface area contributed by atoms with E-state index in [2.05, 4.69) is 4.99 Å². The number of rotatable bonds is 5. The molecule has 1 aliphatic rings. The fourth-order valence-electron chi connectivity index (χ4n) is 3.27. The first-order chi connectivity index (χ1) is 15.4. The van der Waals surface area contributed by atoms with Gasteiger partial charge < -0.3 is 4.90 Å². The number of hydrogen-bond donors (Lipinski definition) is 0. The summed E-state index contributed by atoms with van der Waals surface area (Å²) in [5.41, 5.74) is 2.50. The summed E-state index contributed by atoms with van der Waals surface area (Å²) >= 11 is 1.24. The van der Waals surface area contributed by atoms with Gasteiger partial charge in [-0.15, -0.1) is 0 Å². The second-order valence-corrected chi connectivity index (χ2v) is 8.23. The highest BCUT2D eigenvalue weighted by atomic mass is 32.2. The van der Waals surface area contributed by atoms with Crippen LogP contribution in [-0.2, 0) is 4.79 Å². The fraction of sp³-hybridized carbons (Fsp3) is 0.0833. The van der Waals surface area contributed by atoms with E-state index in [0.29, 0.717) is 27.0 Å². The van der Waals surface area contributed by atoms with Crippen molar-refractivity contribution >= 4 is 51.7 Å². The number of para-hydroxylation sites is 2. The highest BCUT2D eigenvalue weighted by Gasteiger charge is 2.34. The summed E-state index contributed by atoms with van der Waals surface area (Å²) < 4.78 is 0. The Morgan fingerprint density at radius 3 is 2.28 bits per heavy atom. The lowest BCUT2D eigenvalue weighted by Crippen LogP contribution is -2.28. The molecule has 0 atom stereocenters. The second-order valence-electron chi connectivity index (χ2n) is 7.22. The van der Waals surface area contributed by atoms with Gasteiger partial charge in [-0.2, -0.15) is 0 Å². The first-order valence-corrected chi connectivity index (χ1v) is 10.6. The predicted octanol–water partition coefficient (Wildman–Crippen LogP) is 5.47. The molecule has 0 saturated carbocycles. The summed E-state index contributed by atoms with van der Waals surface area (Å²) in [7, 11) is 3.50. The minimum atomic E-state index is -0.417. The van der Waals surface area contributed by atoms with E-state index >= 15 is 0 Å². The maximum Gasteiger partial charge on any atom is 0.293 e. The number of carbonyl (C=O) groups is 1. The van der Waals surface area contributed by atoms with Crippen molar-refractivity contribution in [1.29, 1.82) is 0 Å². The average molecular weight is 445 g/mol. The molecular formula is C24H20N4O3S. The van der Waals surface area contributed by atoms with Gasteiger partial charge in [0.2, 0.25) is 0 Å². The number of anilines is 2. The van der Waals surface area contributed by atoms with Crippen LogP contribution in [0.25, 0.3) is 6.08 Å². The molecule has 4 rings (SSSR count). The molecule has 1 amide bonds. The van der Waals surface area contributed by atoms with Crippen LogP contribution in [0, 0.1) is 10.1 Å². The van der Waals surface area contributed by atoms with Crippen molar-refractivity contribution in [1.82, 2.24) is 0 Å². The minimum Gasteiger partial charge on any atom is -0.372 e. The Labute approximate surface area is 189 Å². The van der Waals surface area contributed by atoms with Crippen LogP contribution in [0.2, 0.25) is 0 Å². The van der Waals surface area contributed by atoms with E-state index in [0.717, 1.165) is 5.69 Å². The topological polar surface area (TPSA) is 79.0 Å². The van der Waals surface area contributed by atoms with Crippen LogP contribution in [0.1, 0.15) is 5.56 Å². The van der Waals surface area contributed by atoms with Crippen LogP contribution < -0.4 is 9.80 Å². The van der Waals surface area contributed by atoms with E-state index in [9.17, 15) is 14.9 Å². The van der Waals surface area contributed by atoms with E-state index in [1.165, 1.54) is 17.8 Å². The minimum absolute atomic E-state index is 0.0158. The van der Waals surface area contributed by atoms with E-state index in [1.54, 1.807) is 42.1 Å². The molecule has 3 aromatic rings. The maximum atomic E-state index is 13.3. The molecule has 1 heterocycles. The van der Waals surface area contributed by atoms with Crippen molar-refractivity contribution in [2.75, 3.05) is 23.9 Å². The quantitative estimate of drug-likeness (QED) is 0.296. The number of benzene rings is 3. The second kappa shape index (κ2) is 9.07. The van der Waals surface area contributed by atoms with Gasteiger partial charge in [-0.1, -0.05) is 42.5 Å². The standard InChI is InChI=1S/C24H20N4O3S/c1-26(2)20-14-13-17(15-21(20)28(30)31)16-22-23(29)27(19-11-7-4-8-12-19)24(32-22)25-18-9-5-3-6-10-18/h3-16H,1-2H3/b22-16-,25-24?. The van der Waals surface area contributed by atoms with Crippen LogP contribution in [0.15, 0.2) is 88.8 Å². The molecule has 0 spiro atoms. The van der Waals surface area contributed by atoms with Crippen molar-refractivity contribution in [3.05, 3.63) is 99.4 Å². The van der Waals surface area contributed by atoms with Gasteiger partial charge in [-0.3, -0.25) is 19.8 Å².